The Labute approximate surface area is 176 Å². The van der Waals surface area contributed by atoms with Crippen molar-refractivity contribution >= 4 is 29.2 Å². The fraction of sp³-hybridized carbons (Fsp3) is 0.368. The van der Waals surface area contributed by atoms with Crippen molar-refractivity contribution in [3.63, 3.8) is 0 Å². The van der Waals surface area contributed by atoms with Gasteiger partial charge in [0.05, 0.1) is 22.9 Å². The first-order chi connectivity index (χ1) is 14.1. The van der Waals surface area contributed by atoms with Gasteiger partial charge in [0.25, 0.3) is 0 Å². The maximum Gasteiger partial charge on any atom is 0.377 e. The predicted molar refractivity (Wildman–Crippen MR) is 108 cm³/mol. The molecule has 4 rings (SSSR count). The second-order valence-electron chi connectivity index (χ2n) is 6.94. The van der Waals surface area contributed by atoms with Crippen molar-refractivity contribution < 1.29 is 9.21 Å². The van der Waals surface area contributed by atoms with Crippen LogP contribution in [0.15, 0.2) is 45.8 Å². The van der Waals surface area contributed by atoms with E-state index in [1.807, 2.05) is 0 Å². The van der Waals surface area contributed by atoms with Crippen LogP contribution in [-0.4, -0.2) is 36.8 Å². The molecule has 8 nitrogen and oxygen atoms in total. The summed E-state index contributed by atoms with van der Waals surface area (Å²) in [5, 5.41) is 8.10. The van der Waals surface area contributed by atoms with Crippen LogP contribution in [0.3, 0.4) is 0 Å². The van der Waals surface area contributed by atoms with E-state index in [0.717, 1.165) is 41.5 Å². The summed E-state index contributed by atoms with van der Waals surface area (Å²) in [6.45, 7) is 0.253. The first kappa shape index (κ1) is 19.7. The molecule has 1 amide bonds. The van der Waals surface area contributed by atoms with Gasteiger partial charge in [0, 0.05) is 6.04 Å². The Hall–Kier alpha value is -2.58. The van der Waals surface area contributed by atoms with E-state index < -0.39 is 11.7 Å². The van der Waals surface area contributed by atoms with E-state index in [-0.39, 0.29) is 28.3 Å². The van der Waals surface area contributed by atoms with Crippen LogP contribution in [-0.2, 0) is 6.54 Å². The molecule has 2 heterocycles. The van der Waals surface area contributed by atoms with Crippen LogP contribution in [0.4, 0.5) is 4.79 Å². The van der Waals surface area contributed by atoms with Crippen molar-refractivity contribution in [1.29, 1.82) is 0 Å². The summed E-state index contributed by atoms with van der Waals surface area (Å²) < 4.78 is 7.11. The van der Waals surface area contributed by atoms with Crippen molar-refractivity contribution in [3.8, 4) is 5.69 Å². The highest BCUT2D eigenvalue weighted by Gasteiger charge is 2.30. The Bertz CT molecular complexity index is 1030. The zero-order valence-electron chi connectivity index (χ0n) is 15.5. The number of para-hydroxylation sites is 1. The molecule has 1 saturated carbocycles. The number of furan rings is 1. The van der Waals surface area contributed by atoms with Gasteiger partial charge in [0.2, 0.25) is 0 Å². The molecule has 3 aromatic rings. The number of aromatic nitrogens is 4. The fourth-order valence-electron chi connectivity index (χ4n) is 3.64. The van der Waals surface area contributed by atoms with Gasteiger partial charge in [-0.15, -0.1) is 4.68 Å². The average Bonchev–Trinajstić information content (AvgIpc) is 3.36. The summed E-state index contributed by atoms with van der Waals surface area (Å²) in [5.41, 5.74) is -0.541. The molecular formula is C19H19Cl2N5O3. The average molecular weight is 436 g/mol. The van der Waals surface area contributed by atoms with Gasteiger partial charge in [0.1, 0.15) is 11.4 Å². The van der Waals surface area contributed by atoms with Gasteiger partial charge in [-0.3, -0.25) is 0 Å². The lowest BCUT2D eigenvalue weighted by Crippen LogP contribution is -2.46. The van der Waals surface area contributed by atoms with E-state index in [4.69, 9.17) is 27.6 Å². The van der Waals surface area contributed by atoms with Gasteiger partial charge < -0.3 is 9.32 Å². The van der Waals surface area contributed by atoms with Crippen LogP contribution in [0.1, 0.15) is 37.9 Å². The molecule has 152 valence electrons. The third-order valence-corrected chi connectivity index (χ3v) is 5.69. The van der Waals surface area contributed by atoms with E-state index in [1.54, 1.807) is 41.5 Å². The van der Waals surface area contributed by atoms with Crippen molar-refractivity contribution in [2.45, 2.75) is 44.7 Å². The molecule has 1 aliphatic rings. The Morgan fingerprint density at radius 3 is 2.48 bits per heavy atom. The monoisotopic (exact) mass is 435 g/mol. The molecule has 0 bridgehead atoms. The number of amides is 1. The Morgan fingerprint density at radius 1 is 1.10 bits per heavy atom. The van der Waals surface area contributed by atoms with Crippen LogP contribution in [0.5, 0.6) is 0 Å². The van der Waals surface area contributed by atoms with Crippen molar-refractivity contribution in [3.05, 3.63) is 62.9 Å². The highest BCUT2D eigenvalue weighted by molar-refractivity contribution is 6.37. The van der Waals surface area contributed by atoms with Crippen LogP contribution in [0.2, 0.25) is 10.0 Å². The quantitative estimate of drug-likeness (QED) is 0.574. The van der Waals surface area contributed by atoms with E-state index in [0.29, 0.717) is 5.76 Å². The van der Waals surface area contributed by atoms with Gasteiger partial charge in [-0.25, -0.2) is 9.59 Å². The minimum absolute atomic E-state index is 0.00213. The highest BCUT2D eigenvalue weighted by atomic mass is 35.5. The lowest BCUT2D eigenvalue weighted by atomic mass is 9.94. The molecular weight excluding hydrogens is 417 g/mol. The molecule has 1 aliphatic carbocycles. The minimum atomic E-state index is -0.731. The SMILES string of the molecule is O=C(N(Cc1ccco1)C1CCCCC1)n1nnn(-c2c(Cl)cccc2Cl)c1=O. The number of hydrogen-bond acceptors (Lipinski definition) is 5. The molecule has 0 N–H and O–H groups in total. The van der Waals surface area contributed by atoms with Gasteiger partial charge in [-0.2, -0.15) is 4.68 Å². The maximum absolute atomic E-state index is 13.3. The van der Waals surface area contributed by atoms with Gasteiger partial charge >= 0.3 is 11.7 Å². The molecule has 1 aromatic carbocycles. The second-order valence-corrected chi connectivity index (χ2v) is 7.75. The Balaban J connectivity index is 1.69. The summed E-state index contributed by atoms with van der Waals surface area (Å²) in [6.07, 6.45) is 6.49. The van der Waals surface area contributed by atoms with Crippen LogP contribution in [0, 0.1) is 0 Å². The number of benzene rings is 1. The first-order valence-electron chi connectivity index (χ1n) is 9.39. The summed E-state index contributed by atoms with van der Waals surface area (Å²) in [7, 11) is 0. The standard InChI is InChI=1S/C19H19Cl2N5O3/c20-15-9-4-10-16(21)17(15)25-19(28)26(23-22-25)18(27)24(12-14-8-5-11-29-14)13-6-2-1-3-7-13/h4-5,8-11,13H,1-3,6-7,12H2. The van der Waals surface area contributed by atoms with Crippen molar-refractivity contribution in [2.75, 3.05) is 0 Å². The number of tetrazole rings is 1. The van der Waals surface area contributed by atoms with E-state index in [1.165, 1.54) is 0 Å². The zero-order chi connectivity index (χ0) is 20.4. The molecule has 10 heteroatoms. The lowest BCUT2D eigenvalue weighted by Gasteiger charge is -2.33. The summed E-state index contributed by atoms with van der Waals surface area (Å²) in [5.74, 6) is 0.638. The number of halogens is 2. The molecule has 0 aliphatic heterocycles. The largest absolute Gasteiger partial charge is 0.467 e. The molecule has 0 unspecified atom stereocenters. The lowest BCUT2D eigenvalue weighted by molar-refractivity contribution is 0.142. The van der Waals surface area contributed by atoms with Crippen LogP contribution >= 0.6 is 23.2 Å². The van der Waals surface area contributed by atoms with Crippen LogP contribution < -0.4 is 5.69 Å². The number of rotatable bonds is 4. The molecule has 0 radical (unpaired) electrons. The molecule has 0 saturated heterocycles. The van der Waals surface area contributed by atoms with Crippen molar-refractivity contribution in [1.82, 2.24) is 24.7 Å². The van der Waals surface area contributed by atoms with Crippen LogP contribution in [0.25, 0.3) is 5.69 Å². The topological polar surface area (TPSA) is 86.2 Å². The number of carbonyl (C=O) groups excluding carboxylic acids is 1. The third kappa shape index (κ3) is 3.95. The van der Waals surface area contributed by atoms with Gasteiger partial charge in [-0.05, 0) is 47.5 Å². The summed E-state index contributed by atoms with van der Waals surface area (Å²) >= 11 is 12.4. The van der Waals surface area contributed by atoms with Crippen molar-refractivity contribution in [2.24, 2.45) is 0 Å². The minimum Gasteiger partial charge on any atom is -0.467 e. The highest BCUT2D eigenvalue weighted by Crippen LogP contribution is 2.27. The molecule has 29 heavy (non-hydrogen) atoms. The summed E-state index contributed by atoms with van der Waals surface area (Å²) in [6, 6.07) is 7.84. The maximum atomic E-state index is 13.3. The molecule has 0 spiro atoms. The third-order valence-electron chi connectivity index (χ3n) is 5.08. The number of carbonyl (C=O) groups is 1. The molecule has 0 atom stereocenters. The van der Waals surface area contributed by atoms with E-state index in [9.17, 15) is 9.59 Å². The van der Waals surface area contributed by atoms with Gasteiger partial charge in [0.15, 0.2) is 0 Å². The van der Waals surface area contributed by atoms with E-state index >= 15 is 0 Å². The summed E-state index contributed by atoms with van der Waals surface area (Å²) in [4.78, 5) is 27.8. The molecule has 2 aromatic heterocycles. The van der Waals surface area contributed by atoms with Gasteiger partial charge in [-0.1, -0.05) is 48.5 Å². The number of nitrogens with zero attached hydrogens (tertiary/aromatic N) is 5. The Morgan fingerprint density at radius 2 is 1.83 bits per heavy atom. The second kappa shape index (κ2) is 8.42. The van der Waals surface area contributed by atoms with E-state index in [2.05, 4.69) is 10.4 Å². The molecule has 1 fully saturated rings. The first-order valence-corrected chi connectivity index (χ1v) is 10.1. The zero-order valence-corrected chi connectivity index (χ0v) is 17.0. The normalized spacial score (nSPS) is 14.8. The predicted octanol–water partition coefficient (Wildman–Crippen LogP) is 4.13. The number of hydrogen-bond donors (Lipinski definition) is 0. The fourth-order valence-corrected chi connectivity index (χ4v) is 4.19. The smallest absolute Gasteiger partial charge is 0.377 e. The Kier molecular flexibility index (Phi) is 5.73.